The van der Waals surface area contributed by atoms with Gasteiger partial charge in [0.1, 0.15) is 11.3 Å². The lowest BCUT2D eigenvalue weighted by atomic mass is 9.94. The number of nitrogens with one attached hydrogen (secondary N) is 2. The molecule has 8 nitrogen and oxygen atoms in total. The van der Waals surface area contributed by atoms with Crippen LogP contribution in [0.2, 0.25) is 0 Å². The largest absolute Gasteiger partial charge is 0.343 e. The number of hydrogen-bond donors (Lipinski definition) is 2. The summed E-state index contributed by atoms with van der Waals surface area (Å²) in [5.41, 5.74) is 0.666. The van der Waals surface area contributed by atoms with Gasteiger partial charge in [-0.3, -0.25) is 9.36 Å². The number of halogens is 1. The Balaban J connectivity index is 1.35. The molecule has 9 heteroatoms. The van der Waals surface area contributed by atoms with Crippen LogP contribution in [0.4, 0.5) is 4.39 Å². The van der Waals surface area contributed by atoms with Crippen LogP contribution < -0.4 is 5.69 Å². The highest BCUT2D eigenvalue weighted by molar-refractivity contribution is 5.78. The molecular weight excluding hydrogens is 375 g/mol. The molecule has 1 amide bonds. The quantitative estimate of drug-likeness (QED) is 0.687. The molecule has 3 aromatic rings. The standard InChI is InChI=1S/C20H23FN6O2/c1-26-19(24-25-20(26)29)18-12(11-5-6-11)9-10-27(18)16(28)8-7-15-22-14-4-2-3-13(21)17(14)23-15/h2-4,11-12,18H,5-10H2,1H3,(H,22,23)(H,25,29). The summed E-state index contributed by atoms with van der Waals surface area (Å²) in [7, 11) is 1.69. The van der Waals surface area contributed by atoms with E-state index in [1.54, 1.807) is 19.2 Å². The number of aromatic nitrogens is 5. The molecule has 0 bridgehead atoms. The third-order valence-electron chi connectivity index (χ3n) is 6.26. The van der Waals surface area contributed by atoms with E-state index in [0.29, 0.717) is 47.5 Å². The van der Waals surface area contributed by atoms with Crippen LogP contribution in [0.1, 0.15) is 43.4 Å². The van der Waals surface area contributed by atoms with Crippen LogP contribution >= 0.6 is 0 Å². The zero-order chi connectivity index (χ0) is 20.1. The lowest BCUT2D eigenvalue weighted by Crippen LogP contribution is -2.34. The maximum atomic E-state index is 13.9. The molecule has 2 atom stereocenters. The summed E-state index contributed by atoms with van der Waals surface area (Å²) in [5.74, 6) is 1.80. The van der Waals surface area contributed by atoms with E-state index < -0.39 is 0 Å². The first-order chi connectivity index (χ1) is 14.0. The van der Waals surface area contributed by atoms with E-state index in [4.69, 9.17) is 0 Å². The van der Waals surface area contributed by atoms with Crippen molar-refractivity contribution in [1.82, 2.24) is 29.6 Å². The number of H-pyrrole nitrogens is 2. The van der Waals surface area contributed by atoms with Crippen LogP contribution in [0.3, 0.4) is 0 Å². The number of likely N-dealkylation sites (tertiary alicyclic amines) is 1. The van der Waals surface area contributed by atoms with Gasteiger partial charge in [-0.25, -0.2) is 19.3 Å². The summed E-state index contributed by atoms with van der Waals surface area (Å²) in [4.78, 5) is 34.2. The summed E-state index contributed by atoms with van der Waals surface area (Å²) >= 11 is 0. The molecule has 1 saturated carbocycles. The monoisotopic (exact) mass is 398 g/mol. The first kappa shape index (κ1) is 18.1. The molecule has 1 aliphatic carbocycles. The van der Waals surface area contributed by atoms with Crippen molar-refractivity contribution in [1.29, 1.82) is 0 Å². The van der Waals surface area contributed by atoms with Crippen molar-refractivity contribution in [2.24, 2.45) is 18.9 Å². The van der Waals surface area contributed by atoms with Crippen molar-refractivity contribution in [3.8, 4) is 0 Å². The van der Waals surface area contributed by atoms with Gasteiger partial charge in [0.25, 0.3) is 0 Å². The number of benzene rings is 1. The van der Waals surface area contributed by atoms with Gasteiger partial charge in [0, 0.05) is 26.4 Å². The minimum Gasteiger partial charge on any atom is -0.342 e. The number of carbonyl (C=O) groups excluding carboxylic acids is 1. The molecule has 1 aromatic carbocycles. The molecule has 29 heavy (non-hydrogen) atoms. The second-order valence-corrected chi connectivity index (χ2v) is 8.09. The van der Waals surface area contributed by atoms with Gasteiger partial charge in [0.05, 0.1) is 11.6 Å². The first-order valence-electron chi connectivity index (χ1n) is 10.1. The van der Waals surface area contributed by atoms with Gasteiger partial charge in [-0.05, 0) is 43.2 Å². The summed E-state index contributed by atoms with van der Waals surface area (Å²) in [6.07, 6.45) is 3.95. The van der Waals surface area contributed by atoms with Gasteiger partial charge in [-0.2, -0.15) is 5.10 Å². The number of rotatable bonds is 5. The average Bonchev–Trinajstić information content (AvgIpc) is 3.17. The minimum absolute atomic E-state index is 0.00882. The fourth-order valence-electron chi connectivity index (χ4n) is 4.60. The van der Waals surface area contributed by atoms with Gasteiger partial charge in [0.2, 0.25) is 5.91 Å². The highest BCUT2D eigenvalue weighted by Crippen LogP contribution is 2.49. The number of hydrogen-bond acceptors (Lipinski definition) is 4. The zero-order valence-electron chi connectivity index (χ0n) is 16.2. The Morgan fingerprint density at radius 1 is 1.31 bits per heavy atom. The Labute approximate surface area is 166 Å². The van der Waals surface area contributed by atoms with E-state index in [2.05, 4.69) is 20.2 Å². The van der Waals surface area contributed by atoms with Crippen molar-refractivity contribution in [3.63, 3.8) is 0 Å². The van der Waals surface area contributed by atoms with Gasteiger partial charge in [-0.15, -0.1) is 0 Å². The summed E-state index contributed by atoms with van der Waals surface area (Å²) < 4.78 is 15.4. The van der Waals surface area contributed by atoms with Crippen molar-refractivity contribution < 1.29 is 9.18 Å². The third-order valence-corrected chi connectivity index (χ3v) is 6.26. The molecule has 5 rings (SSSR count). The van der Waals surface area contributed by atoms with Crippen molar-refractivity contribution in [2.75, 3.05) is 6.54 Å². The second-order valence-electron chi connectivity index (χ2n) is 8.09. The van der Waals surface area contributed by atoms with Gasteiger partial charge in [-0.1, -0.05) is 6.07 Å². The van der Waals surface area contributed by atoms with Gasteiger partial charge < -0.3 is 9.88 Å². The zero-order valence-corrected chi connectivity index (χ0v) is 16.2. The summed E-state index contributed by atoms with van der Waals surface area (Å²) in [6, 6.07) is 4.60. The maximum absolute atomic E-state index is 13.9. The van der Waals surface area contributed by atoms with E-state index >= 15 is 0 Å². The highest BCUT2D eigenvalue weighted by Gasteiger charge is 2.47. The average molecular weight is 398 g/mol. The Morgan fingerprint density at radius 2 is 2.14 bits per heavy atom. The van der Waals surface area contributed by atoms with Crippen molar-refractivity contribution >= 4 is 16.9 Å². The van der Waals surface area contributed by atoms with Crippen LogP contribution in [0.15, 0.2) is 23.0 Å². The molecule has 1 saturated heterocycles. The molecule has 152 valence electrons. The number of amides is 1. The Kier molecular flexibility index (Phi) is 4.25. The molecular formula is C20H23FN6O2. The first-order valence-corrected chi connectivity index (χ1v) is 10.1. The van der Waals surface area contributed by atoms with E-state index in [0.717, 1.165) is 6.42 Å². The number of aromatic amines is 2. The summed E-state index contributed by atoms with van der Waals surface area (Å²) in [6.45, 7) is 0.667. The van der Waals surface area contributed by atoms with Crippen LogP contribution in [-0.2, 0) is 18.3 Å². The van der Waals surface area contributed by atoms with E-state index in [1.165, 1.54) is 23.5 Å². The van der Waals surface area contributed by atoms with Gasteiger partial charge in [0.15, 0.2) is 11.6 Å². The fourth-order valence-corrected chi connectivity index (χ4v) is 4.60. The van der Waals surface area contributed by atoms with Crippen LogP contribution in [0.25, 0.3) is 11.0 Å². The molecule has 3 heterocycles. The molecule has 0 spiro atoms. The van der Waals surface area contributed by atoms with Crippen LogP contribution in [0, 0.1) is 17.7 Å². The fraction of sp³-hybridized carbons (Fsp3) is 0.500. The topological polar surface area (TPSA) is 99.7 Å². The van der Waals surface area contributed by atoms with Crippen LogP contribution in [-0.4, -0.2) is 42.1 Å². The van der Waals surface area contributed by atoms with Crippen molar-refractivity contribution in [3.05, 3.63) is 46.1 Å². The van der Waals surface area contributed by atoms with Crippen LogP contribution in [0.5, 0.6) is 0 Å². The van der Waals surface area contributed by atoms with E-state index in [-0.39, 0.29) is 29.9 Å². The lowest BCUT2D eigenvalue weighted by molar-refractivity contribution is -0.132. The molecule has 0 radical (unpaired) electrons. The lowest BCUT2D eigenvalue weighted by Gasteiger charge is -2.27. The number of para-hydroxylation sites is 1. The Morgan fingerprint density at radius 3 is 2.83 bits per heavy atom. The number of fused-ring (bicyclic) bond motifs is 1. The van der Waals surface area contributed by atoms with Gasteiger partial charge >= 0.3 is 5.69 Å². The third kappa shape index (κ3) is 3.14. The molecule has 2 unspecified atom stereocenters. The number of aryl methyl sites for hydroxylation is 1. The second kappa shape index (κ2) is 6.82. The maximum Gasteiger partial charge on any atom is 0.343 e. The number of nitrogens with zero attached hydrogens (tertiary/aromatic N) is 4. The predicted octanol–water partition coefficient (Wildman–Crippen LogP) is 2.06. The Bertz CT molecular complexity index is 1130. The molecule has 2 aliphatic rings. The predicted molar refractivity (Wildman–Crippen MR) is 103 cm³/mol. The van der Waals surface area contributed by atoms with Crippen molar-refractivity contribution in [2.45, 2.75) is 38.1 Å². The molecule has 2 N–H and O–H groups in total. The molecule has 1 aliphatic heterocycles. The number of carbonyl (C=O) groups is 1. The summed E-state index contributed by atoms with van der Waals surface area (Å²) in [5, 5.41) is 6.72. The minimum atomic E-state index is -0.373. The smallest absolute Gasteiger partial charge is 0.342 e. The number of imidazole rings is 1. The normalized spacial score (nSPS) is 21.9. The Hall–Kier alpha value is -2.97. The SMILES string of the molecule is Cn1c(C2C(C3CC3)CCN2C(=O)CCc2nc3c(F)cccc3[nH]2)n[nH]c1=O. The highest BCUT2D eigenvalue weighted by atomic mass is 19.1. The molecule has 2 fully saturated rings. The van der Waals surface area contributed by atoms with E-state index in [9.17, 15) is 14.0 Å². The van der Waals surface area contributed by atoms with E-state index in [1.807, 2.05) is 4.90 Å². The molecule has 2 aromatic heterocycles.